The first kappa shape index (κ1) is 15.8. The zero-order valence-corrected chi connectivity index (χ0v) is 13.3. The second-order valence-electron chi connectivity index (χ2n) is 4.73. The Kier molecular flexibility index (Phi) is 4.52. The minimum atomic E-state index is -3.40. The topological polar surface area (TPSA) is 69.0 Å². The molecule has 0 saturated carbocycles. The van der Waals surface area contributed by atoms with Gasteiger partial charge in [-0.25, -0.2) is 14.0 Å². The molecule has 0 radical (unpaired) electrons. The van der Waals surface area contributed by atoms with Crippen LogP contribution in [0.4, 0.5) is 0 Å². The lowest BCUT2D eigenvalue weighted by atomic mass is 10.1. The molecular formula is C14H18NO5P. The van der Waals surface area contributed by atoms with Crippen LogP contribution in [0.3, 0.4) is 0 Å². The number of hydrogen-bond acceptors (Lipinski definition) is 5. The van der Waals surface area contributed by atoms with Gasteiger partial charge in [0, 0.05) is 17.5 Å². The lowest BCUT2D eigenvalue weighted by Crippen LogP contribution is -2.15. The molecule has 1 atom stereocenters. The summed E-state index contributed by atoms with van der Waals surface area (Å²) < 4.78 is 29.8. The highest BCUT2D eigenvalue weighted by Crippen LogP contribution is 2.50. The van der Waals surface area contributed by atoms with Crippen molar-refractivity contribution in [3.63, 3.8) is 0 Å². The van der Waals surface area contributed by atoms with Crippen molar-refractivity contribution in [3.05, 3.63) is 40.2 Å². The maximum absolute atomic E-state index is 12.5. The van der Waals surface area contributed by atoms with Crippen LogP contribution in [-0.2, 0) is 9.09 Å². The molecule has 0 aliphatic carbocycles. The molecule has 0 N–H and O–H groups in total. The van der Waals surface area contributed by atoms with Crippen molar-refractivity contribution in [1.82, 2.24) is 4.67 Å². The number of hydrogen-bond donors (Lipinski definition) is 0. The molecular weight excluding hydrogens is 293 g/mol. The summed E-state index contributed by atoms with van der Waals surface area (Å²) in [6.07, 6.45) is 0. The molecule has 0 spiro atoms. The molecule has 7 heteroatoms. The van der Waals surface area contributed by atoms with E-state index in [-0.39, 0.29) is 6.61 Å². The van der Waals surface area contributed by atoms with E-state index in [1.54, 1.807) is 39.2 Å². The molecule has 1 unspecified atom stereocenters. The first-order valence-electron chi connectivity index (χ1n) is 6.52. The van der Waals surface area contributed by atoms with E-state index in [2.05, 4.69) is 0 Å². The molecule has 0 amide bonds. The van der Waals surface area contributed by atoms with E-state index >= 15 is 0 Å². The average Bonchev–Trinajstić information content (AvgIpc) is 2.37. The third kappa shape index (κ3) is 3.35. The van der Waals surface area contributed by atoms with Crippen molar-refractivity contribution in [2.24, 2.45) is 0 Å². The minimum Gasteiger partial charge on any atom is -0.423 e. The van der Waals surface area contributed by atoms with Crippen LogP contribution in [0.2, 0.25) is 0 Å². The lowest BCUT2D eigenvalue weighted by molar-refractivity contribution is 0.239. The predicted molar refractivity (Wildman–Crippen MR) is 80.8 cm³/mol. The summed E-state index contributed by atoms with van der Waals surface area (Å²) in [7, 11) is -0.176. The SMILES string of the molecule is CCOP(=O)(Oc1ccc2c(C)cc(=O)oc2c1)N(C)C. The Morgan fingerprint density at radius 2 is 2.00 bits per heavy atom. The molecule has 114 valence electrons. The monoisotopic (exact) mass is 311 g/mol. The van der Waals surface area contributed by atoms with Crippen LogP contribution in [0.25, 0.3) is 11.0 Å². The molecule has 6 nitrogen and oxygen atoms in total. The number of fused-ring (bicyclic) bond motifs is 1. The summed E-state index contributed by atoms with van der Waals surface area (Å²) in [5.41, 5.74) is 0.769. The van der Waals surface area contributed by atoms with E-state index in [1.165, 1.54) is 10.7 Å². The van der Waals surface area contributed by atoms with E-state index in [4.69, 9.17) is 13.5 Å². The van der Waals surface area contributed by atoms with Gasteiger partial charge in [-0.15, -0.1) is 0 Å². The van der Waals surface area contributed by atoms with Crippen molar-refractivity contribution in [1.29, 1.82) is 0 Å². The number of rotatable bonds is 5. The van der Waals surface area contributed by atoms with Gasteiger partial charge in [-0.05, 0) is 45.6 Å². The van der Waals surface area contributed by atoms with Crippen LogP contribution in [0.5, 0.6) is 5.75 Å². The van der Waals surface area contributed by atoms with Gasteiger partial charge in [0.1, 0.15) is 11.3 Å². The van der Waals surface area contributed by atoms with Crippen LogP contribution in [-0.4, -0.2) is 25.4 Å². The largest absolute Gasteiger partial charge is 0.460 e. The minimum absolute atomic E-state index is 0.261. The molecule has 0 bridgehead atoms. The zero-order valence-electron chi connectivity index (χ0n) is 12.5. The predicted octanol–water partition coefficient (Wildman–Crippen LogP) is 3.19. The average molecular weight is 311 g/mol. The van der Waals surface area contributed by atoms with Crippen LogP contribution in [0, 0.1) is 6.92 Å². The smallest absolute Gasteiger partial charge is 0.423 e. The molecule has 21 heavy (non-hydrogen) atoms. The zero-order chi connectivity index (χ0) is 15.6. The van der Waals surface area contributed by atoms with Crippen molar-refractivity contribution in [3.8, 4) is 5.75 Å². The van der Waals surface area contributed by atoms with E-state index in [1.807, 2.05) is 6.92 Å². The Hall–Kier alpha value is -1.62. The van der Waals surface area contributed by atoms with Gasteiger partial charge in [-0.1, -0.05) is 0 Å². The number of benzene rings is 1. The molecule has 2 aromatic rings. The molecule has 0 saturated heterocycles. The molecule has 0 aliphatic heterocycles. The fourth-order valence-electron chi connectivity index (χ4n) is 1.88. The summed E-state index contributed by atoms with van der Waals surface area (Å²) in [6, 6.07) is 6.39. The van der Waals surface area contributed by atoms with Crippen LogP contribution >= 0.6 is 7.75 Å². The van der Waals surface area contributed by atoms with E-state index < -0.39 is 13.4 Å². The van der Waals surface area contributed by atoms with Gasteiger partial charge in [0.2, 0.25) is 0 Å². The summed E-state index contributed by atoms with van der Waals surface area (Å²) in [5.74, 6) is 0.321. The Bertz CT molecular complexity index is 753. The van der Waals surface area contributed by atoms with Crippen LogP contribution in [0.1, 0.15) is 12.5 Å². The second kappa shape index (κ2) is 6.02. The Morgan fingerprint density at radius 3 is 2.62 bits per heavy atom. The summed E-state index contributed by atoms with van der Waals surface area (Å²) >= 11 is 0. The number of aryl methyl sites for hydroxylation is 1. The normalized spacial score (nSPS) is 14.3. The maximum atomic E-state index is 12.5. The molecule has 1 heterocycles. The molecule has 1 aromatic carbocycles. The molecule has 1 aromatic heterocycles. The van der Waals surface area contributed by atoms with Crippen LogP contribution < -0.4 is 10.1 Å². The standard InChI is InChI=1S/C14H18NO5P/c1-5-18-21(17,15(3)4)20-11-6-7-12-10(2)8-14(16)19-13(12)9-11/h6-9H,5H2,1-4H3. The Balaban J connectivity index is 2.43. The second-order valence-corrected chi connectivity index (χ2v) is 6.91. The van der Waals surface area contributed by atoms with Gasteiger partial charge < -0.3 is 8.94 Å². The first-order chi connectivity index (χ1) is 9.85. The van der Waals surface area contributed by atoms with Gasteiger partial charge >= 0.3 is 13.4 Å². The maximum Gasteiger partial charge on any atom is 0.460 e. The highest BCUT2D eigenvalue weighted by Gasteiger charge is 2.29. The van der Waals surface area contributed by atoms with E-state index in [0.717, 1.165) is 10.9 Å². The lowest BCUT2D eigenvalue weighted by Gasteiger charge is -2.23. The molecule has 0 fully saturated rings. The van der Waals surface area contributed by atoms with Gasteiger partial charge in [-0.2, -0.15) is 0 Å². The summed E-state index contributed by atoms with van der Waals surface area (Å²) in [6.45, 7) is 3.82. The van der Waals surface area contributed by atoms with Gasteiger partial charge in [-0.3, -0.25) is 4.52 Å². The number of nitrogens with zero attached hydrogens (tertiary/aromatic N) is 1. The highest BCUT2D eigenvalue weighted by molar-refractivity contribution is 7.51. The van der Waals surface area contributed by atoms with Crippen molar-refractivity contribution in [2.75, 3.05) is 20.7 Å². The highest BCUT2D eigenvalue weighted by atomic mass is 31.2. The van der Waals surface area contributed by atoms with Gasteiger partial charge in [0.25, 0.3) is 0 Å². The Morgan fingerprint density at radius 1 is 1.29 bits per heavy atom. The van der Waals surface area contributed by atoms with E-state index in [9.17, 15) is 9.36 Å². The van der Waals surface area contributed by atoms with Gasteiger partial charge in [0.05, 0.1) is 6.61 Å². The molecule has 2 rings (SSSR count). The van der Waals surface area contributed by atoms with Gasteiger partial charge in [0.15, 0.2) is 0 Å². The molecule has 0 aliphatic rings. The third-order valence-electron chi connectivity index (χ3n) is 2.93. The van der Waals surface area contributed by atoms with E-state index in [0.29, 0.717) is 11.3 Å². The third-order valence-corrected chi connectivity index (χ3v) is 4.93. The fraction of sp³-hybridized carbons (Fsp3) is 0.357. The summed E-state index contributed by atoms with van der Waals surface area (Å²) in [4.78, 5) is 11.4. The Labute approximate surface area is 122 Å². The quantitative estimate of drug-likeness (QED) is 0.624. The fourth-order valence-corrected chi connectivity index (χ4v) is 3.04. The summed E-state index contributed by atoms with van der Waals surface area (Å²) in [5, 5.41) is 0.804. The van der Waals surface area contributed by atoms with Crippen LogP contribution in [0.15, 0.2) is 33.5 Å². The first-order valence-corrected chi connectivity index (χ1v) is 8.02. The van der Waals surface area contributed by atoms with Crippen molar-refractivity contribution >= 4 is 18.7 Å². The van der Waals surface area contributed by atoms with Crippen molar-refractivity contribution < 1.29 is 18.0 Å². The van der Waals surface area contributed by atoms with Crippen molar-refractivity contribution in [2.45, 2.75) is 13.8 Å².